The van der Waals surface area contributed by atoms with Crippen LogP contribution in [-0.2, 0) is 0 Å². The first kappa shape index (κ1) is 14.5. The van der Waals surface area contributed by atoms with Crippen LogP contribution >= 0.6 is 15.9 Å². The van der Waals surface area contributed by atoms with E-state index in [1.54, 1.807) is 24.3 Å². The number of halogens is 2. The Morgan fingerprint density at radius 2 is 1.85 bits per heavy atom. The molecule has 0 atom stereocenters. The van der Waals surface area contributed by atoms with E-state index >= 15 is 0 Å². The third-order valence-electron chi connectivity index (χ3n) is 2.85. The number of hydrogen-bond donors (Lipinski definition) is 0. The monoisotopic (exact) mass is 338 g/mol. The predicted molar refractivity (Wildman–Crippen MR) is 77.1 cm³/mol. The molecular formula is C15H12BrFO3. The van der Waals surface area contributed by atoms with Crippen molar-refractivity contribution in [1.82, 2.24) is 0 Å². The van der Waals surface area contributed by atoms with E-state index in [4.69, 9.17) is 9.47 Å². The highest BCUT2D eigenvalue weighted by molar-refractivity contribution is 9.10. The molecule has 20 heavy (non-hydrogen) atoms. The van der Waals surface area contributed by atoms with Gasteiger partial charge in [0.2, 0.25) is 0 Å². The SMILES string of the molecule is COc1ccc(C(=O)c2cccc(Br)c2F)c(OC)c1. The van der Waals surface area contributed by atoms with Crippen molar-refractivity contribution in [2.45, 2.75) is 0 Å². The predicted octanol–water partition coefficient (Wildman–Crippen LogP) is 3.84. The van der Waals surface area contributed by atoms with Crippen molar-refractivity contribution in [3.63, 3.8) is 0 Å². The standard InChI is InChI=1S/C15H12BrFO3/c1-19-9-6-7-10(13(8-9)20-2)15(18)11-4-3-5-12(16)14(11)17/h3-8H,1-2H3. The molecule has 0 spiro atoms. The number of hydrogen-bond acceptors (Lipinski definition) is 3. The Bertz CT molecular complexity index is 656. The van der Waals surface area contributed by atoms with E-state index in [-0.39, 0.29) is 15.6 Å². The summed E-state index contributed by atoms with van der Waals surface area (Å²) < 4.78 is 24.5. The van der Waals surface area contributed by atoms with Gasteiger partial charge < -0.3 is 9.47 Å². The normalized spacial score (nSPS) is 10.2. The Kier molecular flexibility index (Phi) is 4.39. The van der Waals surface area contributed by atoms with Crippen LogP contribution in [0.4, 0.5) is 4.39 Å². The van der Waals surface area contributed by atoms with Gasteiger partial charge in [-0.15, -0.1) is 0 Å². The lowest BCUT2D eigenvalue weighted by Gasteiger charge is -2.10. The molecule has 2 aromatic rings. The third-order valence-corrected chi connectivity index (χ3v) is 3.46. The maximum Gasteiger partial charge on any atom is 0.199 e. The van der Waals surface area contributed by atoms with Gasteiger partial charge >= 0.3 is 0 Å². The highest BCUT2D eigenvalue weighted by Gasteiger charge is 2.19. The molecule has 0 radical (unpaired) electrons. The number of methoxy groups -OCH3 is 2. The van der Waals surface area contributed by atoms with Crippen molar-refractivity contribution in [2.24, 2.45) is 0 Å². The number of ketones is 1. The van der Waals surface area contributed by atoms with Crippen LogP contribution in [0.5, 0.6) is 11.5 Å². The highest BCUT2D eigenvalue weighted by Crippen LogP contribution is 2.28. The minimum absolute atomic E-state index is 0.0113. The first-order valence-electron chi connectivity index (χ1n) is 5.79. The van der Waals surface area contributed by atoms with E-state index in [1.807, 2.05) is 0 Å². The fraction of sp³-hybridized carbons (Fsp3) is 0.133. The molecule has 2 rings (SSSR count). The third kappa shape index (κ3) is 2.67. The topological polar surface area (TPSA) is 35.5 Å². The lowest BCUT2D eigenvalue weighted by molar-refractivity contribution is 0.103. The Morgan fingerprint density at radius 3 is 2.50 bits per heavy atom. The largest absolute Gasteiger partial charge is 0.497 e. The molecule has 0 bridgehead atoms. The number of benzene rings is 2. The molecule has 104 valence electrons. The van der Waals surface area contributed by atoms with Gasteiger partial charge in [0.15, 0.2) is 5.78 Å². The molecule has 2 aromatic carbocycles. The van der Waals surface area contributed by atoms with E-state index in [0.717, 1.165) is 0 Å². The smallest absolute Gasteiger partial charge is 0.199 e. The van der Waals surface area contributed by atoms with Crippen LogP contribution in [0.15, 0.2) is 40.9 Å². The van der Waals surface area contributed by atoms with E-state index in [1.165, 1.54) is 26.4 Å². The van der Waals surface area contributed by atoms with Gasteiger partial charge in [-0.3, -0.25) is 4.79 Å². The fourth-order valence-electron chi connectivity index (χ4n) is 1.81. The van der Waals surface area contributed by atoms with Crippen LogP contribution in [0.25, 0.3) is 0 Å². The summed E-state index contributed by atoms with van der Waals surface area (Å²) in [6.07, 6.45) is 0. The molecule has 0 saturated carbocycles. The number of rotatable bonds is 4. The average Bonchev–Trinajstić information content (AvgIpc) is 2.48. The quantitative estimate of drug-likeness (QED) is 0.794. The summed E-state index contributed by atoms with van der Waals surface area (Å²) in [5, 5.41) is 0. The number of carbonyl (C=O) groups excluding carboxylic acids is 1. The first-order chi connectivity index (χ1) is 9.58. The zero-order valence-corrected chi connectivity index (χ0v) is 12.5. The molecular weight excluding hydrogens is 327 g/mol. The van der Waals surface area contributed by atoms with Crippen LogP contribution in [-0.4, -0.2) is 20.0 Å². The Balaban J connectivity index is 2.50. The maximum atomic E-state index is 14.0. The maximum absolute atomic E-state index is 14.0. The summed E-state index contributed by atoms with van der Waals surface area (Å²) in [5.74, 6) is -0.125. The highest BCUT2D eigenvalue weighted by atomic mass is 79.9. The Morgan fingerprint density at radius 1 is 1.10 bits per heavy atom. The molecule has 3 nitrogen and oxygen atoms in total. The summed E-state index contributed by atoms with van der Waals surface area (Å²) in [4.78, 5) is 12.4. The van der Waals surface area contributed by atoms with Crippen molar-refractivity contribution in [3.8, 4) is 11.5 Å². The molecule has 0 aromatic heterocycles. The molecule has 5 heteroatoms. The molecule has 0 unspecified atom stereocenters. The van der Waals surface area contributed by atoms with Gasteiger partial charge in [0, 0.05) is 6.07 Å². The molecule has 0 aliphatic rings. The molecule has 0 heterocycles. The zero-order chi connectivity index (χ0) is 14.7. The van der Waals surface area contributed by atoms with E-state index in [0.29, 0.717) is 11.5 Å². The number of carbonyl (C=O) groups is 1. The summed E-state index contributed by atoms with van der Waals surface area (Å²) in [5.41, 5.74) is 0.271. The zero-order valence-electron chi connectivity index (χ0n) is 10.9. The van der Waals surface area contributed by atoms with Gasteiger partial charge in [-0.05, 0) is 40.2 Å². The molecule has 0 fully saturated rings. The lowest BCUT2D eigenvalue weighted by atomic mass is 10.0. The second-order valence-electron chi connectivity index (χ2n) is 4.00. The first-order valence-corrected chi connectivity index (χ1v) is 6.58. The van der Waals surface area contributed by atoms with Crippen LogP contribution in [0.3, 0.4) is 0 Å². The molecule has 0 saturated heterocycles. The van der Waals surface area contributed by atoms with Gasteiger partial charge in [0.1, 0.15) is 17.3 Å². The second kappa shape index (κ2) is 6.05. The van der Waals surface area contributed by atoms with Crippen LogP contribution < -0.4 is 9.47 Å². The van der Waals surface area contributed by atoms with Gasteiger partial charge in [-0.25, -0.2) is 4.39 Å². The second-order valence-corrected chi connectivity index (χ2v) is 4.85. The minimum atomic E-state index is -0.588. The van der Waals surface area contributed by atoms with Crippen molar-refractivity contribution < 1.29 is 18.7 Å². The van der Waals surface area contributed by atoms with Crippen molar-refractivity contribution in [2.75, 3.05) is 14.2 Å². The van der Waals surface area contributed by atoms with E-state index in [9.17, 15) is 9.18 Å². The molecule has 0 aliphatic carbocycles. The molecule has 0 aliphatic heterocycles. The van der Waals surface area contributed by atoms with Crippen molar-refractivity contribution in [1.29, 1.82) is 0 Å². The lowest BCUT2D eigenvalue weighted by Crippen LogP contribution is -2.07. The Labute approximate surface area is 124 Å². The molecule has 0 N–H and O–H groups in total. The fourth-order valence-corrected chi connectivity index (χ4v) is 2.18. The van der Waals surface area contributed by atoms with E-state index in [2.05, 4.69) is 15.9 Å². The summed E-state index contributed by atoms with van der Waals surface area (Å²) in [6.45, 7) is 0. The van der Waals surface area contributed by atoms with Crippen LogP contribution in [0.1, 0.15) is 15.9 Å². The van der Waals surface area contributed by atoms with Gasteiger partial charge in [-0.1, -0.05) is 6.07 Å². The van der Waals surface area contributed by atoms with Crippen molar-refractivity contribution in [3.05, 3.63) is 57.8 Å². The number of ether oxygens (including phenoxy) is 2. The van der Waals surface area contributed by atoms with Crippen molar-refractivity contribution >= 4 is 21.7 Å². The summed E-state index contributed by atoms with van der Waals surface area (Å²) in [6, 6.07) is 9.36. The summed E-state index contributed by atoms with van der Waals surface area (Å²) >= 11 is 3.07. The Hall–Kier alpha value is -1.88. The minimum Gasteiger partial charge on any atom is -0.497 e. The van der Waals surface area contributed by atoms with E-state index < -0.39 is 11.6 Å². The van der Waals surface area contributed by atoms with Crippen LogP contribution in [0, 0.1) is 5.82 Å². The summed E-state index contributed by atoms with van der Waals surface area (Å²) in [7, 11) is 2.97. The van der Waals surface area contributed by atoms with Crippen LogP contribution in [0.2, 0.25) is 0 Å². The average molecular weight is 339 g/mol. The van der Waals surface area contributed by atoms with Gasteiger partial charge in [-0.2, -0.15) is 0 Å². The van der Waals surface area contributed by atoms with Gasteiger partial charge in [0.05, 0.1) is 29.8 Å². The van der Waals surface area contributed by atoms with Gasteiger partial charge in [0.25, 0.3) is 0 Å². The molecule has 0 amide bonds.